The molecular weight excluding hydrogens is 316 g/mol. The molecule has 4 N–H and O–H groups in total. The molecule has 0 aromatic heterocycles. The van der Waals surface area contributed by atoms with Crippen LogP contribution in [0.4, 0.5) is 11.4 Å². The quantitative estimate of drug-likeness (QED) is 0.532. The molecule has 0 amide bonds. The van der Waals surface area contributed by atoms with Crippen LogP contribution in [0.2, 0.25) is 19.6 Å². The largest absolute Gasteiger partial charge is 0.398 e. The van der Waals surface area contributed by atoms with Gasteiger partial charge in [-0.15, -0.1) is 0 Å². The Morgan fingerprint density at radius 1 is 0.917 bits per heavy atom. The Morgan fingerprint density at radius 2 is 1.50 bits per heavy atom. The van der Waals surface area contributed by atoms with Crippen LogP contribution < -0.4 is 15.8 Å². The lowest BCUT2D eigenvalue weighted by Crippen LogP contribution is -2.37. The lowest BCUT2D eigenvalue weighted by molar-refractivity contribution is 0.281. The normalized spacial score (nSPS) is 11.5. The fraction of sp³-hybridized carbons (Fsp3) is 0.368. The lowest BCUT2D eigenvalue weighted by atomic mass is 10.0. The van der Waals surface area contributed by atoms with Gasteiger partial charge in [0.25, 0.3) is 0 Å². The molecule has 2 rings (SSSR count). The first-order chi connectivity index (χ1) is 11.4. The van der Waals surface area contributed by atoms with Crippen molar-refractivity contribution >= 4 is 24.6 Å². The van der Waals surface area contributed by atoms with Gasteiger partial charge in [0.1, 0.15) is 0 Å². The van der Waals surface area contributed by atoms with Crippen molar-refractivity contribution in [2.24, 2.45) is 0 Å². The van der Waals surface area contributed by atoms with Gasteiger partial charge in [-0.3, -0.25) is 0 Å². The average Bonchev–Trinajstić information content (AvgIpc) is 2.54. The zero-order valence-corrected chi connectivity index (χ0v) is 15.8. The third-order valence-corrected chi connectivity index (χ3v) is 6.27. The van der Waals surface area contributed by atoms with Crippen molar-refractivity contribution in [1.29, 1.82) is 0 Å². The van der Waals surface area contributed by atoms with Gasteiger partial charge in [-0.2, -0.15) is 0 Å². The van der Waals surface area contributed by atoms with E-state index in [0.29, 0.717) is 13.1 Å². The maximum absolute atomic E-state index is 9.23. The monoisotopic (exact) mass is 344 g/mol. The summed E-state index contributed by atoms with van der Waals surface area (Å²) in [4.78, 5) is 1.96. The van der Waals surface area contributed by atoms with Crippen LogP contribution in [0, 0.1) is 0 Å². The van der Waals surface area contributed by atoms with E-state index in [1.807, 2.05) is 23.1 Å². The molecule has 0 radical (unpaired) electrons. The Balaban J connectivity index is 2.37. The summed E-state index contributed by atoms with van der Waals surface area (Å²) in [6, 6.07) is 14.5. The van der Waals surface area contributed by atoms with Crippen molar-refractivity contribution in [2.45, 2.75) is 19.6 Å². The molecule has 130 valence electrons. The smallest absolute Gasteiger partial charge is 0.0775 e. The van der Waals surface area contributed by atoms with E-state index in [9.17, 15) is 10.2 Å². The highest BCUT2D eigenvalue weighted by Crippen LogP contribution is 2.30. The topological polar surface area (TPSA) is 69.7 Å². The molecule has 0 aliphatic rings. The van der Waals surface area contributed by atoms with Crippen molar-refractivity contribution in [1.82, 2.24) is 0 Å². The summed E-state index contributed by atoms with van der Waals surface area (Å²) in [5, 5.41) is 19.9. The van der Waals surface area contributed by atoms with Crippen molar-refractivity contribution in [3.8, 4) is 11.1 Å². The van der Waals surface area contributed by atoms with Gasteiger partial charge in [-0.1, -0.05) is 49.1 Å². The summed E-state index contributed by atoms with van der Waals surface area (Å²) < 4.78 is 0. The molecule has 0 unspecified atom stereocenters. The average molecular weight is 345 g/mol. The second kappa shape index (κ2) is 7.83. The number of aliphatic hydroxyl groups excluding tert-OH is 2. The van der Waals surface area contributed by atoms with Crippen LogP contribution in [0.1, 0.15) is 0 Å². The van der Waals surface area contributed by atoms with Crippen LogP contribution in [0.3, 0.4) is 0 Å². The number of nitrogens with zero attached hydrogens (tertiary/aromatic N) is 1. The number of nitrogens with two attached hydrogens (primary N) is 1. The summed E-state index contributed by atoms with van der Waals surface area (Å²) in [5.41, 5.74) is 9.94. The second-order valence-electron chi connectivity index (χ2n) is 7.03. The van der Waals surface area contributed by atoms with Gasteiger partial charge in [0.15, 0.2) is 0 Å². The maximum Gasteiger partial charge on any atom is 0.0775 e. The molecule has 0 spiro atoms. The SMILES string of the molecule is C[Si](C)(C)c1ccc(-c2cc(N(CCO)CCO)ccc2N)cc1. The predicted octanol–water partition coefficient (Wildman–Crippen LogP) is 2.27. The van der Waals surface area contributed by atoms with Crippen molar-refractivity contribution < 1.29 is 10.2 Å². The molecule has 0 bridgehead atoms. The van der Waals surface area contributed by atoms with Crippen LogP contribution in [0.5, 0.6) is 0 Å². The summed E-state index contributed by atoms with van der Waals surface area (Å²) in [6.07, 6.45) is 0. The molecule has 2 aromatic carbocycles. The van der Waals surface area contributed by atoms with E-state index >= 15 is 0 Å². The molecule has 0 fully saturated rings. The zero-order chi connectivity index (χ0) is 17.7. The number of benzene rings is 2. The number of hydrogen-bond donors (Lipinski definition) is 3. The van der Waals surface area contributed by atoms with Gasteiger partial charge in [0.2, 0.25) is 0 Å². The van der Waals surface area contributed by atoms with E-state index in [4.69, 9.17) is 5.73 Å². The van der Waals surface area contributed by atoms with Crippen molar-refractivity contribution in [3.63, 3.8) is 0 Å². The molecule has 24 heavy (non-hydrogen) atoms. The molecule has 0 saturated heterocycles. The zero-order valence-electron chi connectivity index (χ0n) is 14.8. The molecule has 4 nitrogen and oxygen atoms in total. The minimum absolute atomic E-state index is 0.0462. The fourth-order valence-electron chi connectivity index (χ4n) is 2.75. The Bertz CT molecular complexity index is 660. The maximum atomic E-state index is 9.23. The predicted molar refractivity (Wildman–Crippen MR) is 106 cm³/mol. The first kappa shape index (κ1) is 18.5. The Hall–Kier alpha value is -1.82. The third-order valence-electron chi connectivity index (χ3n) is 4.20. The summed E-state index contributed by atoms with van der Waals surface area (Å²) in [7, 11) is -1.32. The standard InChI is InChI=1S/C19H28N2O2Si/c1-24(2,3)17-7-4-15(5-8-17)18-14-16(6-9-19(18)20)21(10-12-22)11-13-23/h4-9,14,22-23H,10-13,20H2,1-3H3. The molecule has 5 heteroatoms. The number of hydrogen-bond acceptors (Lipinski definition) is 4. The second-order valence-corrected chi connectivity index (χ2v) is 12.1. The molecule has 0 aliphatic carbocycles. The number of rotatable bonds is 7. The lowest BCUT2D eigenvalue weighted by Gasteiger charge is -2.24. The van der Waals surface area contributed by atoms with Crippen molar-refractivity contribution in [2.75, 3.05) is 36.9 Å². The first-order valence-electron chi connectivity index (χ1n) is 8.34. The van der Waals surface area contributed by atoms with E-state index in [2.05, 4.69) is 43.9 Å². The fourth-order valence-corrected chi connectivity index (χ4v) is 3.92. The van der Waals surface area contributed by atoms with Crippen LogP contribution >= 0.6 is 0 Å². The van der Waals surface area contributed by atoms with Crippen LogP contribution in [-0.2, 0) is 0 Å². The van der Waals surface area contributed by atoms with E-state index in [1.54, 1.807) is 0 Å². The number of nitrogen functional groups attached to an aromatic ring is 1. The van der Waals surface area contributed by atoms with Gasteiger partial charge in [-0.25, -0.2) is 0 Å². The van der Waals surface area contributed by atoms with E-state index in [1.165, 1.54) is 5.19 Å². The van der Waals surface area contributed by atoms with Gasteiger partial charge in [-0.05, 0) is 23.8 Å². The van der Waals surface area contributed by atoms with Crippen LogP contribution in [0.25, 0.3) is 11.1 Å². The summed E-state index contributed by atoms with van der Waals surface area (Å²) in [6.45, 7) is 8.06. The highest BCUT2D eigenvalue weighted by molar-refractivity contribution is 6.88. The Morgan fingerprint density at radius 3 is 2.00 bits per heavy atom. The Labute approximate surface area is 145 Å². The molecule has 0 heterocycles. The minimum atomic E-state index is -1.32. The first-order valence-corrected chi connectivity index (χ1v) is 11.8. The summed E-state index contributed by atoms with van der Waals surface area (Å²) >= 11 is 0. The molecule has 2 aromatic rings. The van der Waals surface area contributed by atoms with Crippen LogP contribution in [-0.4, -0.2) is 44.6 Å². The highest BCUT2D eigenvalue weighted by Gasteiger charge is 2.16. The van der Waals surface area contributed by atoms with Gasteiger partial charge >= 0.3 is 0 Å². The van der Waals surface area contributed by atoms with Gasteiger partial charge in [0.05, 0.1) is 21.3 Å². The molecule has 0 atom stereocenters. The van der Waals surface area contributed by atoms with E-state index < -0.39 is 8.07 Å². The Kier molecular flexibility index (Phi) is 6.04. The molecular formula is C19H28N2O2Si. The van der Waals surface area contributed by atoms with Gasteiger partial charge < -0.3 is 20.8 Å². The van der Waals surface area contributed by atoms with Crippen LogP contribution in [0.15, 0.2) is 42.5 Å². The summed E-state index contributed by atoms with van der Waals surface area (Å²) in [5.74, 6) is 0. The number of anilines is 2. The van der Waals surface area contributed by atoms with Crippen molar-refractivity contribution in [3.05, 3.63) is 42.5 Å². The minimum Gasteiger partial charge on any atom is -0.398 e. The molecule has 0 aliphatic heterocycles. The van der Waals surface area contributed by atoms with E-state index in [-0.39, 0.29) is 13.2 Å². The third kappa shape index (κ3) is 4.38. The number of aliphatic hydroxyl groups is 2. The molecule has 0 saturated carbocycles. The highest BCUT2D eigenvalue weighted by atomic mass is 28.3. The van der Waals surface area contributed by atoms with Gasteiger partial charge in [0, 0.05) is 30.0 Å². The van der Waals surface area contributed by atoms with E-state index in [0.717, 1.165) is 22.5 Å².